The Hall–Kier alpha value is -2.67. The maximum Gasteiger partial charge on any atom is 0.425 e. The highest BCUT2D eigenvalue weighted by atomic mass is 19.4. The molecular weight excluding hydrogens is 309 g/mol. The minimum absolute atomic E-state index is 0.100. The lowest BCUT2D eigenvalue weighted by Crippen LogP contribution is -2.41. The number of benzene rings is 2. The molecule has 1 heterocycles. The van der Waals surface area contributed by atoms with Crippen molar-refractivity contribution >= 4 is 0 Å². The van der Waals surface area contributed by atoms with Crippen LogP contribution in [0, 0.1) is 0 Å². The normalized spacial score (nSPS) is 19.5. The Bertz CT molecular complexity index is 891. The van der Waals surface area contributed by atoms with E-state index >= 15 is 0 Å². The van der Waals surface area contributed by atoms with Crippen molar-refractivity contribution in [1.82, 2.24) is 10.2 Å². The number of halogens is 3. The Labute approximate surface area is 128 Å². The van der Waals surface area contributed by atoms with Crippen molar-refractivity contribution in [3.05, 3.63) is 60.0 Å². The van der Waals surface area contributed by atoms with Crippen LogP contribution in [0.5, 0.6) is 0 Å². The molecule has 1 aliphatic rings. The molecule has 0 saturated carbocycles. The van der Waals surface area contributed by atoms with Crippen LogP contribution in [0.4, 0.5) is 13.2 Å². The molecule has 1 aromatic heterocycles. The van der Waals surface area contributed by atoms with E-state index in [0.717, 1.165) is 6.39 Å². The highest BCUT2D eigenvalue weighted by Gasteiger charge is 2.61. The summed E-state index contributed by atoms with van der Waals surface area (Å²) < 4.78 is 46.2. The Morgan fingerprint density at radius 3 is 2.35 bits per heavy atom. The predicted molar refractivity (Wildman–Crippen MR) is 74.2 cm³/mol. The van der Waals surface area contributed by atoms with Crippen molar-refractivity contribution in [3.8, 4) is 22.6 Å². The molecule has 1 N–H and O–H groups in total. The van der Waals surface area contributed by atoms with E-state index in [4.69, 9.17) is 4.42 Å². The summed E-state index contributed by atoms with van der Waals surface area (Å²) in [5, 5.41) is 17.9. The number of hydrogen-bond acceptors (Lipinski definition) is 4. The summed E-state index contributed by atoms with van der Waals surface area (Å²) in [6.07, 6.45) is -3.76. The standard InChI is InChI=1S/C16H9F3N2O2/c17-16(18,19)15(22)11-6-2-1-4-9(11)13-10(5-3-7-12(13)15)14-21-20-8-23-14/h1-8,22H. The molecule has 3 aromatic rings. The lowest BCUT2D eigenvalue weighted by molar-refractivity contribution is -0.246. The van der Waals surface area contributed by atoms with E-state index in [-0.39, 0.29) is 22.6 Å². The third kappa shape index (κ3) is 1.71. The molecule has 0 bridgehead atoms. The fraction of sp³-hybridized carbons (Fsp3) is 0.125. The fourth-order valence-corrected chi connectivity index (χ4v) is 3.08. The second-order valence-corrected chi connectivity index (χ2v) is 5.23. The summed E-state index contributed by atoms with van der Waals surface area (Å²) in [5.41, 5.74) is -2.58. The van der Waals surface area contributed by atoms with Crippen molar-refractivity contribution in [2.45, 2.75) is 11.8 Å². The van der Waals surface area contributed by atoms with Crippen LogP contribution < -0.4 is 0 Å². The van der Waals surface area contributed by atoms with Crippen LogP contribution in [0.15, 0.2) is 53.3 Å². The fourth-order valence-electron chi connectivity index (χ4n) is 3.08. The summed E-state index contributed by atoms with van der Waals surface area (Å²) in [4.78, 5) is 0. The van der Waals surface area contributed by atoms with Crippen LogP contribution in [0.3, 0.4) is 0 Å². The molecule has 116 valence electrons. The van der Waals surface area contributed by atoms with Crippen LogP contribution in [0.1, 0.15) is 11.1 Å². The number of alkyl halides is 3. The molecular formula is C16H9F3N2O2. The Morgan fingerprint density at radius 1 is 0.957 bits per heavy atom. The first-order valence-corrected chi connectivity index (χ1v) is 6.73. The second-order valence-electron chi connectivity index (χ2n) is 5.23. The minimum atomic E-state index is -4.86. The molecule has 0 fully saturated rings. The summed E-state index contributed by atoms with van der Waals surface area (Å²) in [7, 11) is 0. The Kier molecular flexibility index (Phi) is 2.68. The average molecular weight is 318 g/mol. The molecule has 0 amide bonds. The van der Waals surface area contributed by atoms with Gasteiger partial charge in [-0.3, -0.25) is 0 Å². The highest BCUT2D eigenvalue weighted by Crippen LogP contribution is 2.56. The molecule has 0 radical (unpaired) electrons. The maximum atomic E-state index is 13.7. The van der Waals surface area contributed by atoms with Gasteiger partial charge in [0.1, 0.15) is 0 Å². The third-order valence-electron chi connectivity index (χ3n) is 4.04. The smallest absolute Gasteiger partial charge is 0.423 e. The number of nitrogens with zero attached hydrogens (tertiary/aromatic N) is 2. The van der Waals surface area contributed by atoms with E-state index < -0.39 is 11.8 Å². The number of rotatable bonds is 1. The second kappa shape index (κ2) is 4.42. The maximum absolute atomic E-state index is 13.7. The molecule has 0 aliphatic heterocycles. The van der Waals surface area contributed by atoms with E-state index in [9.17, 15) is 18.3 Å². The molecule has 1 unspecified atom stereocenters. The molecule has 1 atom stereocenters. The monoisotopic (exact) mass is 318 g/mol. The van der Waals surface area contributed by atoms with Gasteiger partial charge in [0, 0.05) is 22.3 Å². The average Bonchev–Trinajstić information content (AvgIpc) is 3.14. The van der Waals surface area contributed by atoms with Gasteiger partial charge >= 0.3 is 6.18 Å². The van der Waals surface area contributed by atoms with Gasteiger partial charge in [0.2, 0.25) is 17.9 Å². The summed E-state index contributed by atoms with van der Waals surface area (Å²) >= 11 is 0. The Morgan fingerprint density at radius 2 is 1.65 bits per heavy atom. The van der Waals surface area contributed by atoms with Crippen LogP contribution in [-0.2, 0) is 5.60 Å². The van der Waals surface area contributed by atoms with Crippen molar-refractivity contribution in [2.75, 3.05) is 0 Å². The van der Waals surface area contributed by atoms with Gasteiger partial charge in [-0.2, -0.15) is 13.2 Å². The van der Waals surface area contributed by atoms with Gasteiger partial charge in [-0.1, -0.05) is 36.4 Å². The third-order valence-corrected chi connectivity index (χ3v) is 4.04. The number of fused-ring (bicyclic) bond motifs is 3. The molecule has 2 aromatic carbocycles. The number of hydrogen-bond donors (Lipinski definition) is 1. The SMILES string of the molecule is OC1(C(F)(F)F)c2ccccc2-c2c(-c3nnco3)cccc21. The Balaban J connectivity index is 2.12. The topological polar surface area (TPSA) is 59.2 Å². The van der Waals surface area contributed by atoms with Gasteiger partial charge in [-0.05, 0) is 11.6 Å². The van der Waals surface area contributed by atoms with Gasteiger partial charge in [0.25, 0.3) is 0 Å². The molecule has 0 saturated heterocycles. The van der Waals surface area contributed by atoms with Crippen molar-refractivity contribution < 1.29 is 22.7 Å². The van der Waals surface area contributed by atoms with E-state index in [1.54, 1.807) is 12.1 Å². The zero-order valence-corrected chi connectivity index (χ0v) is 11.5. The predicted octanol–water partition coefficient (Wildman–Crippen LogP) is 3.52. The number of aliphatic hydroxyl groups is 1. The van der Waals surface area contributed by atoms with E-state index in [2.05, 4.69) is 10.2 Å². The molecule has 1 aliphatic carbocycles. The van der Waals surface area contributed by atoms with Gasteiger partial charge in [0.15, 0.2) is 0 Å². The van der Waals surface area contributed by atoms with Crippen molar-refractivity contribution in [2.24, 2.45) is 0 Å². The van der Waals surface area contributed by atoms with Gasteiger partial charge in [-0.15, -0.1) is 10.2 Å². The van der Waals surface area contributed by atoms with Crippen LogP contribution in [-0.4, -0.2) is 21.5 Å². The molecule has 4 nitrogen and oxygen atoms in total. The van der Waals surface area contributed by atoms with E-state index in [0.29, 0.717) is 11.1 Å². The van der Waals surface area contributed by atoms with E-state index in [1.165, 1.54) is 30.3 Å². The zero-order chi connectivity index (χ0) is 16.2. The first-order valence-electron chi connectivity index (χ1n) is 6.73. The number of aromatic nitrogens is 2. The van der Waals surface area contributed by atoms with Crippen molar-refractivity contribution in [1.29, 1.82) is 0 Å². The molecule has 4 rings (SSSR count). The highest BCUT2D eigenvalue weighted by molar-refractivity contribution is 5.90. The van der Waals surface area contributed by atoms with Gasteiger partial charge in [-0.25, -0.2) is 0 Å². The lowest BCUT2D eigenvalue weighted by Gasteiger charge is -2.28. The molecule has 23 heavy (non-hydrogen) atoms. The summed E-state index contributed by atoms with van der Waals surface area (Å²) in [6, 6.07) is 10.2. The first-order chi connectivity index (χ1) is 10.9. The lowest BCUT2D eigenvalue weighted by atomic mass is 9.90. The van der Waals surface area contributed by atoms with Crippen LogP contribution >= 0.6 is 0 Å². The molecule has 7 heteroatoms. The van der Waals surface area contributed by atoms with E-state index in [1.807, 2.05) is 0 Å². The van der Waals surface area contributed by atoms with Crippen molar-refractivity contribution in [3.63, 3.8) is 0 Å². The van der Waals surface area contributed by atoms with Crippen LogP contribution in [0.25, 0.3) is 22.6 Å². The van der Waals surface area contributed by atoms with Gasteiger partial charge < -0.3 is 9.52 Å². The summed E-state index contributed by atoms with van der Waals surface area (Å²) in [6.45, 7) is 0. The summed E-state index contributed by atoms with van der Waals surface area (Å²) in [5.74, 6) is 0.100. The minimum Gasteiger partial charge on any atom is -0.423 e. The zero-order valence-electron chi connectivity index (χ0n) is 11.5. The van der Waals surface area contributed by atoms with Crippen LogP contribution in [0.2, 0.25) is 0 Å². The first kappa shape index (κ1) is 14.0. The molecule has 0 spiro atoms. The largest absolute Gasteiger partial charge is 0.425 e. The van der Waals surface area contributed by atoms with Gasteiger partial charge in [0.05, 0.1) is 0 Å². The quantitative estimate of drug-likeness (QED) is 0.746.